The van der Waals surface area contributed by atoms with E-state index in [0.717, 1.165) is 12.8 Å². The number of hydrogen-bond acceptors (Lipinski definition) is 3. The summed E-state index contributed by atoms with van der Waals surface area (Å²) in [6.07, 6.45) is 2.32. The van der Waals surface area contributed by atoms with Gasteiger partial charge in [-0.2, -0.15) is 12.7 Å². The molecular formula is C11H23N3O3S. The highest BCUT2D eigenvalue weighted by Crippen LogP contribution is 2.27. The molecule has 1 heterocycles. The fourth-order valence-corrected chi connectivity index (χ4v) is 3.74. The van der Waals surface area contributed by atoms with Gasteiger partial charge in [-0.15, -0.1) is 0 Å². The minimum Gasteiger partial charge on any atom is -0.351 e. The number of rotatable bonds is 5. The number of amides is 1. The minimum absolute atomic E-state index is 0.0516. The predicted molar refractivity (Wildman–Crippen MR) is 70.2 cm³/mol. The smallest absolute Gasteiger partial charge is 0.279 e. The van der Waals surface area contributed by atoms with E-state index in [9.17, 15) is 13.2 Å². The summed E-state index contributed by atoms with van der Waals surface area (Å²) in [5.41, 5.74) is -0.400. The average Bonchev–Trinajstić information content (AvgIpc) is 2.63. The molecule has 7 heteroatoms. The van der Waals surface area contributed by atoms with E-state index < -0.39 is 15.7 Å². The largest absolute Gasteiger partial charge is 0.351 e. The van der Waals surface area contributed by atoms with E-state index in [1.54, 1.807) is 0 Å². The summed E-state index contributed by atoms with van der Waals surface area (Å²) in [7, 11) is -1.96. The van der Waals surface area contributed by atoms with Crippen molar-refractivity contribution in [1.29, 1.82) is 0 Å². The molecule has 0 unspecified atom stereocenters. The van der Waals surface area contributed by atoms with Gasteiger partial charge in [0, 0.05) is 32.1 Å². The zero-order valence-corrected chi connectivity index (χ0v) is 12.3. The van der Waals surface area contributed by atoms with Crippen molar-refractivity contribution in [3.05, 3.63) is 0 Å². The van der Waals surface area contributed by atoms with Gasteiger partial charge in [-0.25, -0.2) is 4.72 Å². The number of carbonyl (C=O) groups is 1. The molecule has 1 amide bonds. The maximum atomic E-state index is 11.8. The Morgan fingerprint density at radius 1 is 1.44 bits per heavy atom. The van der Waals surface area contributed by atoms with Gasteiger partial charge in [-0.3, -0.25) is 4.79 Å². The van der Waals surface area contributed by atoms with Crippen LogP contribution in [-0.2, 0) is 15.0 Å². The van der Waals surface area contributed by atoms with Crippen molar-refractivity contribution in [2.24, 2.45) is 0 Å². The summed E-state index contributed by atoms with van der Waals surface area (Å²) in [5.74, 6) is -0.0963. The van der Waals surface area contributed by atoms with Crippen LogP contribution in [0.1, 0.15) is 40.0 Å². The van der Waals surface area contributed by atoms with Crippen LogP contribution in [-0.4, -0.2) is 43.8 Å². The number of hydrogen-bond donors (Lipinski definition) is 2. The Morgan fingerprint density at radius 2 is 2.06 bits per heavy atom. The highest BCUT2D eigenvalue weighted by Gasteiger charge is 2.36. The van der Waals surface area contributed by atoms with Crippen molar-refractivity contribution in [2.45, 2.75) is 51.6 Å². The van der Waals surface area contributed by atoms with Crippen LogP contribution >= 0.6 is 0 Å². The van der Waals surface area contributed by atoms with Gasteiger partial charge in [0.05, 0.1) is 0 Å². The second kappa shape index (κ2) is 5.54. The third kappa shape index (κ3) is 3.93. The third-order valence-electron chi connectivity index (χ3n) is 3.15. The van der Waals surface area contributed by atoms with Crippen molar-refractivity contribution in [3.63, 3.8) is 0 Å². The van der Waals surface area contributed by atoms with Gasteiger partial charge < -0.3 is 5.32 Å². The van der Waals surface area contributed by atoms with E-state index >= 15 is 0 Å². The summed E-state index contributed by atoms with van der Waals surface area (Å²) < 4.78 is 27.5. The molecule has 106 valence electrons. The summed E-state index contributed by atoms with van der Waals surface area (Å²) >= 11 is 0. The van der Waals surface area contributed by atoms with Crippen LogP contribution in [0.3, 0.4) is 0 Å². The number of carbonyl (C=O) groups excluding carboxylic acids is 1. The van der Waals surface area contributed by atoms with Gasteiger partial charge in [-0.1, -0.05) is 0 Å². The molecule has 0 aromatic rings. The van der Waals surface area contributed by atoms with E-state index in [-0.39, 0.29) is 11.9 Å². The maximum absolute atomic E-state index is 11.8. The molecule has 0 aromatic carbocycles. The number of nitrogens with one attached hydrogen (secondary N) is 2. The maximum Gasteiger partial charge on any atom is 0.279 e. The fraction of sp³-hybridized carbons (Fsp3) is 0.909. The summed E-state index contributed by atoms with van der Waals surface area (Å²) in [4.78, 5) is 11.1. The molecule has 0 spiro atoms. The Kier molecular flexibility index (Phi) is 4.74. The van der Waals surface area contributed by atoms with Gasteiger partial charge in [0.25, 0.3) is 10.2 Å². The molecule has 18 heavy (non-hydrogen) atoms. The Morgan fingerprint density at radius 3 is 2.56 bits per heavy atom. The quantitative estimate of drug-likeness (QED) is 0.754. The van der Waals surface area contributed by atoms with E-state index in [1.165, 1.54) is 18.3 Å². The molecule has 1 saturated heterocycles. The zero-order valence-electron chi connectivity index (χ0n) is 11.5. The molecule has 6 nitrogen and oxygen atoms in total. The van der Waals surface area contributed by atoms with Gasteiger partial charge in [0.15, 0.2) is 0 Å². The molecule has 0 saturated carbocycles. The highest BCUT2D eigenvalue weighted by molar-refractivity contribution is 7.87. The third-order valence-corrected chi connectivity index (χ3v) is 4.76. The monoisotopic (exact) mass is 277 g/mol. The SMILES string of the molecule is CNS(=O)(=O)N1CCC[C@H]1CC(C)(C)NC(C)=O. The van der Waals surface area contributed by atoms with Crippen LogP contribution in [0, 0.1) is 0 Å². The summed E-state index contributed by atoms with van der Waals surface area (Å²) in [5, 5.41) is 2.86. The number of nitrogens with zero attached hydrogens (tertiary/aromatic N) is 1. The van der Waals surface area contributed by atoms with Crippen molar-refractivity contribution in [1.82, 2.24) is 14.3 Å². The first-order chi connectivity index (χ1) is 8.18. The molecule has 1 aliphatic rings. The van der Waals surface area contributed by atoms with Crippen molar-refractivity contribution < 1.29 is 13.2 Å². The Labute approximate surface area is 109 Å². The van der Waals surface area contributed by atoms with Gasteiger partial charge in [0.2, 0.25) is 5.91 Å². The lowest BCUT2D eigenvalue weighted by Crippen LogP contribution is -2.49. The Hall–Kier alpha value is -0.660. The molecule has 0 radical (unpaired) electrons. The van der Waals surface area contributed by atoms with Crippen LogP contribution in [0.15, 0.2) is 0 Å². The molecule has 0 aromatic heterocycles. The van der Waals surface area contributed by atoms with Crippen LogP contribution in [0.2, 0.25) is 0 Å². The van der Waals surface area contributed by atoms with Gasteiger partial charge in [0.1, 0.15) is 0 Å². The molecular weight excluding hydrogens is 254 g/mol. The molecule has 1 atom stereocenters. The summed E-state index contributed by atoms with van der Waals surface area (Å²) in [6.45, 7) is 5.84. The van der Waals surface area contributed by atoms with Gasteiger partial charge in [-0.05, 0) is 33.1 Å². The van der Waals surface area contributed by atoms with E-state index in [0.29, 0.717) is 13.0 Å². The lowest BCUT2D eigenvalue weighted by molar-refractivity contribution is -0.120. The fourth-order valence-electron chi connectivity index (χ4n) is 2.56. The lowest BCUT2D eigenvalue weighted by atomic mass is 9.94. The van der Waals surface area contributed by atoms with E-state index in [1.807, 2.05) is 13.8 Å². The molecule has 1 aliphatic heterocycles. The molecule has 2 N–H and O–H groups in total. The van der Waals surface area contributed by atoms with Crippen LogP contribution < -0.4 is 10.0 Å². The minimum atomic E-state index is -3.38. The first-order valence-electron chi connectivity index (χ1n) is 6.17. The lowest BCUT2D eigenvalue weighted by Gasteiger charge is -2.32. The standard InChI is InChI=1S/C11H23N3O3S/c1-9(15)13-11(2,3)8-10-6-5-7-14(10)18(16,17)12-4/h10,12H,5-8H2,1-4H3,(H,13,15)/t10-/m0/s1. The topological polar surface area (TPSA) is 78.5 Å². The van der Waals surface area contributed by atoms with Crippen LogP contribution in [0.4, 0.5) is 0 Å². The van der Waals surface area contributed by atoms with E-state index in [4.69, 9.17) is 0 Å². The van der Waals surface area contributed by atoms with Crippen molar-refractivity contribution >= 4 is 16.1 Å². The predicted octanol–water partition coefficient (Wildman–Crippen LogP) is 0.220. The zero-order chi connectivity index (χ0) is 14.0. The van der Waals surface area contributed by atoms with Crippen LogP contribution in [0.25, 0.3) is 0 Å². The normalized spacial score (nSPS) is 22.1. The second-order valence-electron chi connectivity index (χ2n) is 5.39. The van der Waals surface area contributed by atoms with Crippen molar-refractivity contribution in [2.75, 3.05) is 13.6 Å². The molecule has 1 rings (SSSR count). The molecule has 0 bridgehead atoms. The highest BCUT2D eigenvalue weighted by atomic mass is 32.2. The first kappa shape index (κ1) is 15.4. The first-order valence-corrected chi connectivity index (χ1v) is 7.61. The molecule has 0 aliphatic carbocycles. The summed E-state index contributed by atoms with van der Waals surface area (Å²) in [6, 6.07) is -0.0516. The van der Waals surface area contributed by atoms with Crippen LogP contribution in [0.5, 0.6) is 0 Å². The Balaban J connectivity index is 2.75. The van der Waals surface area contributed by atoms with Crippen molar-refractivity contribution in [3.8, 4) is 0 Å². The van der Waals surface area contributed by atoms with E-state index in [2.05, 4.69) is 10.0 Å². The molecule has 1 fully saturated rings. The van der Waals surface area contributed by atoms with Gasteiger partial charge >= 0.3 is 0 Å². The second-order valence-corrected chi connectivity index (χ2v) is 7.21. The average molecular weight is 277 g/mol. The Bertz CT molecular complexity index is 406.